The van der Waals surface area contributed by atoms with Gasteiger partial charge in [-0.3, -0.25) is 0 Å². The van der Waals surface area contributed by atoms with Gasteiger partial charge in [-0.2, -0.15) is 21.6 Å². The van der Waals surface area contributed by atoms with Gasteiger partial charge in [0.1, 0.15) is 0 Å². The van der Waals surface area contributed by atoms with Gasteiger partial charge < -0.3 is 3.87 Å². The van der Waals surface area contributed by atoms with E-state index in [4.69, 9.17) is 0 Å². The van der Waals surface area contributed by atoms with E-state index in [-0.39, 0.29) is 0 Å². The predicted octanol–water partition coefficient (Wildman–Crippen LogP) is 8.32. The van der Waals surface area contributed by atoms with Crippen LogP contribution in [0.3, 0.4) is 0 Å². The van der Waals surface area contributed by atoms with E-state index in [1.807, 2.05) is 0 Å². The molecule has 0 unspecified atom stereocenters. The van der Waals surface area contributed by atoms with E-state index in [9.17, 15) is 21.6 Å². The molecule has 0 aliphatic carbocycles. The van der Waals surface area contributed by atoms with Gasteiger partial charge in [0.25, 0.3) is 0 Å². The van der Waals surface area contributed by atoms with Crippen molar-refractivity contribution in [3.8, 4) is 0 Å². The molecule has 3 nitrogen and oxygen atoms in total. The Morgan fingerprint density at radius 2 is 0.966 bits per heavy atom. The molecule has 0 aliphatic rings. The zero-order valence-electron chi connectivity index (χ0n) is 18.8. The molecule has 0 spiro atoms. The fourth-order valence-corrected chi connectivity index (χ4v) is 7.67. The van der Waals surface area contributed by atoms with Gasteiger partial charge in [0.15, 0.2) is 0 Å². The molecule has 0 aromatic rings. The highest BCUT2D eigenvalue weighted by Gasteiger charge is 2.50. The molecule has 0 fully saturated rings. The fraction of sp³-hybridized carbons (Fsp3) is 1.00. The molecule has 0 amide bonds. The molecule has 0 aromatic carbocycles. The van der Waals surface area contributed by atoms with Crippen LogP contribution in [0, 0.1) is 0 Å². The fourth-order valence-electron chi connectivity index (χ4n) is 3.48. The van der Waals surface area contributed by atoms with E-state index >= 15 is 0 Å². The summed E-state index contributed by atoms with van der Waals surface area (Å²) in [5.41, 5.74) is -5.33. The lowest BCUT2D eigenvalue weighted by molar-refractivity contribution is -0.0503. The van der Waals surface area contributed by atoms with Crippen LogP contribution in [0.4, 0.5) is 13.2 Å². The third kappa shape index (κ3) is 16.3. The summed E-state index contributed by atoms with van der Waals surface area (Å²) in [5.74, 6) is 0. The zero-order valence-corrected chi connectivity index (χ0v) is 20.6. The van der Waals surface area contributed by atoms with Crippen LogP contribution in [0.2, 0.25) is 19.1 Å². The Morgan fingerprint density at radius 1 is 0.655 bits per heavy atom. The lowest BCUT2D eigenvalue weighted by Gasteiger charge is -2.22. The Balaban J connectivity index is 3.51. The maximum atomic E-state index is 12.4. The van der Waals surface area contributed by atoms with Crippen molar-refractivity contribution in [2.45, 2.75) is 134 Å². The van der Waals surface area contributed by atoms with Gasteiger partial charge in [0.05, 0.1) is 0 Å². The lowest BCUT2D eigenvalue weighted by Crippen LogP contribution is -2.38. The summed E-state index contributed by atoms with van der Waals surface area (Å²) in [4.78, 5) is 0. The minimum atomic E-state index is -5.47. The monoisotopic (exact) mass is 460 g/mol. The largest absolute Gasteiger partial charge is 0.522 e. The molecule has 0 saturated heterocycles. The number of halogens is 3. The van der Waals surface area contributed by atoms with E-state index in [1.54, 1.807) is 0 Å². The third-order valence-electron chi connectivity index (χ3n) is 5.25. The number of hydrogen-bond acceptors (Lipinski definition) is 3. The van der Waals surface area contributed by atoms with Crippen LogP contribution in [-0.4, -0.2) is 22.2 Å². The number of hydrogen-bond donors (Lipinski definition) is 0. The molecule has 0 saturated carbocycles. The molecule has 0 N–H and O–H groups in total. The molecule has 8 heteroatoms. The second kappa shape index (κ2) is 15.7. The Kier molecular flexibility index (Phi) is 15.6. The molecule has 0 atom stereocenters. The average Bonchev–Trinajstić information content (AvgIpc) is 2.59. The van der Waals surface area contributed by atoms with E-state index in [0.717, 1.165) is 25.7 Å². The van der Waals surface area contributed by atoms with Gasteiger partial charge >= 0.3 is 15.6 Å². The number of alkyl halides is 3. The zero-order chi connectivity index (χ0) is 22.2. The highest BCUT2D eigenvalue weighted by molar-refractivity contribution is 7.88. The summed E-state index contributed by atoms with van der Waals surface area (Å²) in [7, 11) is -8.33. The van der Waals surface area contributed by atoms with Crippen LogP contribution >= 0.6 is 0 Å². The first-order valence-electron chi connectivity index (χ1n) is 11.5. The Labute approximate surface area is 178 Å². The first kappa shape index (κ1) is 28.9. The summed E-state index contributed by atoms with van der Waals surface area (Å²) in [6.45, 7) is 5.30. The Morgan fingerprint density at radius 3 is 1.28 bits per heavy atom. The SMILES string of the molecule is CCCCCCCCCCCCCCCCCC[Si](C)(C)OS(=O)(=O)C(F)(F)F. The lowest BCUT2D eigenvalue weighted by atomic mass is 10.0. The predicted molar refractivity (Wildman–Crippen MR) is 118 cm³/mol. The van der Waals surface area contributed by atoms with Gasteiger partial charge in [-0.15, -0.1) is 0 Å². The van der Waals surface area contributed by atoms with Crippen molar-refractivity contribution in [2.75, 3.05) is 0 Å². The summed E-state index contributed by atoms with van der Waals surface area (Å²) in [6, 6.07) is 0.431. The van der Waals surface area contributed by atoms with Crippen molar-refractivity contribution in [2.24, 2.45) is 0 Å². The van der Waals surface area contributed by atoms with Crippen molar-refractivity contribution >= 4 is 18.4 Å². The highest BCUT2D eigenvalue weighted by atomic mass is 32.2. The normalized spacial score (nSPS) is 13.2. The van der Waals surface area contributed by atoms with Gasteiger partial charge in [0, 0.05) is 0 Å². The van der Waals surface area contributed by atoms with Crippen LogP contribution in [0.25, 0.3) is 0 Å². The van der Waals surface area contributed by atoms with Gasteiger partial charge in [-0.1, -0.05) is 110 Å². The van der Waals surface area contributed by atoms with Crippen LogP contribution in [-0.2, 0) is 14.0 Å². The summed E-state index contributed by atoms with van der Waals surface area (Å²) in [6.07, 6.45) is 19.8. The van der Waals surface area contributed by atoms with Crippen LogP contribution in [0.5, 0.6) is 0 Å². The minimum absolute atomic E-state index is 0.431. The topological polar surface area (TPSA) is 43.4 Å². The van der Waals surface area contributed by atoms with E-state index in [1.165, 1.54) is 90.1 Å². The van der Waals surface area contributed by atoms with Crippen molar-refractivity contribution in [1.82, 2.24) is 0 Å². The van der Waals surface area contributed by atoms with Crippen molar-refractivity contribution < 1.29 is 25.5 Å². The number of rotatable bonds is 19. The summed E-state index contributed by atoms with van der Waals surface area (Å²) >= 11 is 0. The highest BCUT2D eigenvalue weighted by Crippen LogP contribution is 2.29. The molecule has 0 aliphatic heterocycles. The first-order valence-corrected chi connectivity index (χ1v) is 16.1. The van der Waals surface area contributed by atoms with E-state index in [0.29, 0.717) is 6.04 Å². The first-order chi connectivity index (χ1) is 13.5. The quantitative estimate of drug-likeness (QED) is 0.111. The second-order valence-corrected chi connectivity index (χ2v) is 14.9. The maximum absolute atomic E-state index is 12.4. The van der Waals surface area contributed by atoms with Crippen LogP contribution in [0.1, 0.15) is 110 Å². The average molecular weight is 461 g/mol. The second-order valence-electron chi connectivity index (χ2n) is 8.80. The molecule has 0 rings (SSSR count). The smallest absolute Gasteiger partial charge is 0.308 e. The number of unbranched alkanes of at least 4 members (excludes halogenated alkanes) is 15. The molecule has 0 aromatic heterocycles. The molecule has 0 bridgehead atoms. The van der Waals surface area contributed by atoms with Crippen molar-refractivity contribution in [1.29, 1.82) is 0 Å². The molecular formula is C21H43F3O3SSi. The van der Waals surface area contributed by atoms with Crippen molar-refractivity contribution in [3.63, 3.8) is 0 Å². The molecular weight excluding hydrogens is 417 g/mol. The van der Waals surface area contributed by atoms with Crippen LogP contribution in [0.15, 0.2) is 0 Å². The van der Waals surface area contributed by atoms with E-state index < -0.39 is 23.9 Å². The molecule has 0 radical (unpaired) electrons. The standard InChI is InChI=1S/C21H43F3O3SSi/c1-4-5-6-7-8-9-10-11-12-13-14-15-16-17-18-19-20-29(2,3)27-28(25,26)21(22,23)24/h4-20H2,1-3H3. The minimum Gasteiger partial charge on any atom is -0.308 e. The summed E-state index contributed by atoms with van der Waals surface area (Å²) < 4.78 is 64.0. The van der Waals surface area contributed by atoms with Gasteiger partial charge in [0.2, 0.25) is 8.32 Å². The molecule has 29 heavy (non-hydrogen) atoms. The van der Waals surface area contributed by atoms with E-state index in [2.05, 4.69) is 10.8 Å². The molecule has 0 heterocycles. The van der Waals surface area contributed by atoms with Gasteiger partial charge in [-0.25, -0.2) is 0 Å². The Hall–Kier alpha value is -0.0831. The molecule has 176 valence electrons. The van der Waals surface area contributed by atoms with Crippen LogP contribution < -0.4 is 0 Å². The summed E-state index contributed by atoms with van der Waals surface area (Å²) in [5, 5.41) is 0. The Bertz CT molecular complexity index is 494. The maximum Gasteiger partial charge on any atom is 0.522 e. The van der Waals surface area contributed by atoms with Gasteiger partial charge in [-0.05, 0) is 19.1 Å². The third-order valence-corrected chi connectivity index (χ3v) is 10.1. The van der Waals surface area contributed by atoms with Crippen molar-refractivity contribution in [3.05, 3.63) is 0 Å².